The summed E-state index contributed by atoms with van der Waals surface area (Å²) in [4.78, 5) is 26.5. The lowest BCUT2D eigenvalue weighted by molar-refractivity contribution is -0.305. The molecule has 6 N–H and O–H groups in total. The van der Waals surface area contributed by atoms with Crippen molar-refractivity contribution in [2.75, 3.05) is 13.2 Å². The first kappa shape index (κ1) is 72.8. The first-order valence-corrected chi connectivity index (χ1v) is 31.0. The molecule has 11 heteroatoms. The summed E-state index contributed by atoms with van der Waals surface area (Å²) in [6.45, 7) is 5.57. The van der Waals surface area contributed by atoms with Crippen LogP contribution in [-0.4, -0.2) is 99.6 Å². The third kappa shape index (κ3) is 42.3. The van der Waals surface area contributed by atoms with Gasteiger partial charge in [0.15, 0.2) is 12.4 Å². The number of carbonyl (C=O) groups excluding carboxylic acids is 2. The zero-order valence-electron chi connectivity index (χ0n) is 49.4. The molecular formula is C68H111NO10. The Kier molecular flexibility index (Phi) is 50.1. The van der Waals surface area contributed by atoms with Crippen LogP contribution in [0.4, 0.5) is 0 Å². The molecule has 1 heterocycles. The van der Waals surface area contributed by atoms with Gasteiger partial charge in [0.2, 0.25) is 5.91 Å². The number of amides is 1. The first-order valence-electron chi connectivity index (χ1n) is 31.0. The molecule has 0 aromatic heterocycles. The summed E-state index contributed by atoms with van der Waals surface area (Å²) < 4.78 is 17.5. The summed E-state index contributed by atoms with van der Waals surface area (Å²) in [5.41, 5.74) is 0. The maximum Gasteiger partial charge on any atom is 0.306 e. The van der Waals surface area contributed by atoms with Gasteiger partial charge >= 0.3 is 5.97 Å². The normalized spacial score (nSPS) is 19.8. The second kappa shape index (κ2) is 54.4. The summed E-state index contributed by atoms with van der Waals surface area (Å²) in [5.74, 6) is -1.31. The van der Waals surface area contributed by atoms with E-state index in [9.17, 15) is 35.1 Å². The molecule has 79 heavy (non-hydrogen) atoms. The monoisotopic (exact) mass is 1100 g/mol. The van der Waals surface area contributed by atoms with Crippen molar-refractivity contribution in [1.29, 1.82) is 0 Å². The van der Waals surface area contributed by atoms with Crippen molar-refractivity contribution in [1.82, 2.24) is 5.32 Å². The molecule has 1 aliphatic rings. The summed E-state index contributed by atoms with van der Waals surface area (Å²) in [6.07, 6.45) is 66.4. The van der Waals surface area contributed by atoms with Crippen molar-refractivity contribution in [2.24, 2.45) is 0 Å². The van der Waals surface area contributed by atoms with Crippen molar-refractivity contribution in [3.8, 4) is 0 Å². The molecule has 0 spiro atoms. The number of carbonyl (C=O) groups is 2. The topological polar surface area (TPSA) is 175 Å². The highest BCUT2D eigenvalue weighted by Gasteiger charge is 2.47. The van der Waals surface area contributed by atoms with Gasteiger partial charge in [-0.3, -0.25) is 9.59 Å². The third-order valence-corrected chi connectivity index (χ3v) is 13.5. The van der Waals surface area contributed by atoms with Crippen LogP contribution in [0.15, 0.2) is 134 Å². The van der Waals surface area contributed by atoms with Crippen molar-refractivity contribution in [2.45, 2.75) is 269 Å². The lowest BCUT2D eigenvalue weighted by atomic mass is 9.99. The van der Waals surface area contributed by atoms with E-state index in [4.69, 9.17) is 14.2 Å². The second-order valence-electron chi connectivity index (χ2n) is 20.7. The van der Waals surface area contributed by atoms with Gasteiger partial charge < -0.3 is 45.1 Å². The highest BCUT2D eigenvalue weighted by molar-refractivity contribution is 5.80. The number of esters is 1. The first-order chi connectivity index (χ1) is 38.7. The summed E-state index contributed by atoms with van der Waals surface area (Å²) in [5, 5.41) is 56.9. The maximum absolute atomic E-state index is 13.4. The number of allylic oxidation sites excluding steroid dienone is 21. The zero-order chi connectivity index (χ0) is 57.5. The van der Waals surface area contributed by atoms with Gasteiger partial charge in [0.1, 0.15) is 24.4 Å². The van der Waals surface area contributed by atoms with E-state index < -0.39 is 67.4 Å². The standard InChI is InChI=1S/C68H111NO10/c1-4-7-10-13-16-19-22-24-26-28-30-32-33-35-37-40-43-46-49-52-55-61(72)67(76)69-59(60(71)54-51-48-45-42-39-21-18-15-12-9-6-3)58-77-68-66(65(75)64(74)62(57-70)78-68)79-63(73)56-53-50-47-44-41-38-36-34-31-29-27-25-23-20-17-14-11-8-5-2/h8,11,16-17,19-20,24-27,30-32,34-35,37-38,41,47,50-51,54,59-62,64-66,68,70-72,74-75H,4-7,9-10,12-15,18,21-23,28-29,33,36,39-40,42-46,48-49,52-53,55-58H2,1-3H3,(H,69,76)/b11-8-,19-16-,20-17-,26-24-,27-25-,32-30-,34-31-,37-35-,41-38-,50-47-,54-51+. The molecule has 1 rings (SSSR count). The van der Waals surface area contributed by atoms with Crippen LogP contribution < -0.4 is 5.32 Å². The minimum absolute atomic E-state index is 0.0119. The van der Waals surface area contributed by atoms with Gasteiger partial charge in [-0.2, -0.15) is 0 Å². The maximum atomic E-state index is 13.4. The fourth-order valence-corrected chi connectivity index (χ4v) is 8.66. The molecule has 8 unspecified atom stereocenters. The number of ether oxygens (including phenoxy) is 3. The van der Waals surface area contributed by atoms with Crippen LogP contribution in [0.5, 0.6) is 0 Å². The lowest BCUT2D eigenvalue weighted by Gasteiger charge is -2.41. The van der Waals surface area contributed by atoms with Gasteiger partial charge in [0.25, 0.3) is 0 Å². The quantitative estimate of drug-likeness (QED) is 0.0195. The molecule has 1 fully saturated rings. The molecule has 0 aromatic rings. The van der Waals surface area contributed by atoms with Crippen LogP contribution in [0.2, 0.25) is 0 Å². The smallest absolute Gasteiger partial charge is 0.306 e. The number of hydrogen-bond donors (Lipinski definition) is 6. The lowest BCUT2D eigenvalue weighted by Crippen LogP contribution is -2.61. The fraction of sp³-hybridized carbons (Fsp3) is 0.647. The van der Waals surface area contributed by atoms with E-state index >= 15 is 0 Å². The second-order valence-corrected chi connectivity index (χ2v) is 20.7. The highest BCUT2D eigenvalue weighted by atomic mass is 16.7. The van der Waals surface area contributed by atoms with Crippen LogP contribution in [0, 0.1) is 0 Å². The molecule has 0 aromatic carbocycles. The van der Waals surface area contributed by atoms with Crippen molar-refractivity contribution >= 4 is 11.9 Å². The van der Waals surface area contributed by atoms with E-state index in [0.29, 0.717) is 19.3 Å². The van der Waals surface area contributed by atoms with Gasteiger partial charge in [-0.25, -0.2) is 0 Å². The number of rotatable bonds is 50. The molecular weight excluding hydrogens is 991 g/mol. The van der Waals surface area contributed by atoms with Gasteiger partial charge in [-0.15, -0.1) is 0 Å². The van der Waals surface area contributed by atoms with Crippen LogP contribution in [0.25, 0.3) is 0 Å². The summed E-state index contributed by atoms with van der Waals surface area (Å²) in [6, 6.07) is -1.06. The van der Waals surface area contributed by atoms with Crippen LogP contribution in [0.1, 0.15) is 220 Å². The van der Waals surface area contributed by atoms with E-state index in [2.05, 4.69) is 135 Å². The Morgan fingerprint density at radius 2 is 0.911 bits per heavy atom. The minimum Gasteiger partial charge on any atom is -0.454 e. The highest BCUT2D eigenvalue weighted by Crippen LogP contribution is 2.26. The van der Waals surface area contributed by atoms with E-state index in [1.165, 1.54) is 64.2 Å². The molecule has 11 nitrogen and oxygen atoms in total. The molecule has 8 atom stereocenters. The molecule has 1 saturated heterocycles. The van der Waals surface area contributed by atoms with Crippen LogP contribution in [-0.2, 0) is 23.8 Å². The predicted octanol–water partition coefficient (Wildman–Crippen LogP) is 14.8. The van der Waals surface area contributed by atoms with Gasteiger partial charge in [0.05, 0.1) is 25.4 Å². The van der Waals surface area contributed by atoms with Crippen LogP contribution >= 0.6 is 0 Å². The van der Waals surface area contributed by atoms with E-state index in [-0.39, 0.29) is 19.4 Å². The molecule has 448 valence electrons. The Labute approximate surface area is 480 Å². The van der Waals surface area contributed by atoms with Gasteiger partial charge in [-0.05, 0) is 109 Å². The number of hydrogen-bond acceptors (Lipinski definition) is 10. The SMILES string of the molecule is CC/C=C\C/C=C\C/C=C\C/C=C\C/C=C\C/C=C\CCC(=O)OC1C(OCC(NC(=O)C(O)CCCCCC/C=C\C/C=C\C/C=C\C/C=C\CCCCC)C(O)/C=C/CCCCCCCCCCC)OC(CO)C(O)C1O. The average Bonchev–Trinajstić information content (AvgIpc) is 3.47. The minimum atomic E-state index is -1.66. The predicted molar refractivity (Wildman–Crippen MR) is 328 cm³/mol. The number of aliphatic hydroxyl groups excluding tert-OH is 5. The molecule has 0 saturated carbocycles. The fourth-order valence-electron chi connectivity index (χ4n) is 8.66. The largest absolute Gasteiger partial charge is 0.454 e. The average molecular weight is 1100 g/mol. The molecule has 0 radical (unpaired) electrons. The Morgan fingerprint density at radius 3 is 1.39 bits per heavy atom. The van der Waals surface area contributed by atoms with Crippen molar-refractivity contribution < 1.29 is 49.3 Å². The Morgan fingerprint density at radius 1 is 0.506 bits per heavy atom. The van der Waals surface area contributed by atoms with E-state index in [1.54, 1.807) is 6.08 Å². The Balaban J connectivity index is 2.74. The zero-order valence-corrected chi connectivity index (χ0v) is 49.4. The van der Waals surface area contributed by atoms with Crippen molar-refractivity contribution in [3.63, 3.8) is 0 Å². The van der Waals surface area contributed by atoms with E-state index in [1.807, 2.05) is 18.2 Å². The molecule has 1 aliphatic heterocycles. The molecule has 1 amide bonds. The number of unbranched alkanes of at least 4 members (excludes halogenated alkanes) is 16. The van der Waals surface area contributed by atoms with Crippen LogP contribution in [0.3, 0.4) is 0 Å². The Hall–Kier alpha value is -4.20. The Bertz CT molecular complexity index is 1790. The van der Waals surface area contributed by atoms with Crippen molar-refractivity contribution in [3.05, 3.63) is 134 Å². The van der Waals surface area contributed by atoms with E-state index in [0.717, 1.165) is 103 Å². The molecule has 0 bridgehead atoms. The number of aliphatic hydroxyl groups is 5. The summed E-state index contributed by atoms with van der Waals surface area (Å²) in [7, 11) is 0. The van der Waals surface area contributed by atoms with Gasteiger partial charge in [-0.1, -0.05) is 238 Å². The number of nitrogens with one attached hydrogen (secondary N) is 1. The van der Waals surface area contributed by atoms with Gasteiger partial charge in [0, 0.05) is 6.42 Å². The summed E-state index contributed by atoms with van der Waals surface area (Å²) >= 11 is 0. The third-order valence-electron chi connectivity index (χ3n) is 13.5. The molecule has 0 aliphatic carbocycles.